The van der Waals surface area contributed by atoms with Crippen molar-refractivity contribution in [1.29, 1.82) is 0 Å². The van der Waals surface area contributed by atoms with Gasteiger partial charge in [0.2, 0.25) is 0 Å². The Labute approximate surface area is 218 Å². The highest BCUT2D eigenvalue weighted by Gasteiger charge is 2.08. The summed E-state index contributed by atoms with van der Waals surface area (Å²) in [6.07, 6.45) is 18.1. The van der Waals surface area contributed by atoms with Gasteiger partial charge in [-0.2, -0.15) is 0 Å². The van der Waals surface area contributed by atoms with Crippen LogP contribution in [0.4, 0.5) is 0 Å². The first-order valence-electron chi connectivity index (χ1n) is 12.3. The van der Waals surface area contributed by atoms with Gasteiger partial charge in [-0.1, -0.05) is 91.7 Å². The van der Waals surface area contributed by atoms with E-state index in [2.05, 4.69) is 133 Å². The lowest BCUT2D eigenvalue weighted by Gasteiger charge is -2.17. The minimum absolute atomic E-state index is 0.503. The summed E-state index contributed by atoms with van der Waals surface area (Å²) in [7, 11) is 0. The molecule has 0 amide bonds. The van der Waals surface area contributed by atoms with Crippen LogP contribution in [-0.4, -0.2) is 5.62 Å². The third kappa shape index (κ3) is 26.3. The molecule has 3 heteroatoms. The molecule has 0 saturated carbocycles. The first-order chi connectivity index (χ1) is 15.7. The van der Waals surface area contributed by atoms with E-state index in [4.69, 9.17) is 0 Å². The van der Waals surface area contributed by atoms with Gasteiger partial charge in [0.1, 0.15) is 0 Å². The van der Waals surface area contributed by atoms with Crippen molar-refractivity contribution in [2.75, 3.05) is 0 Å². The molecule has 0 aromatic rings. The molecule has 0 bridgehead atoms. The molecule has 0 radical (unpaired) electrons. The van der Waals surface area contributed by atoms with Crippen molar-refractivity contribution in [2.24, 2.45) is 23.7 Å². The predicted octanol–water partition coefficient (Wildman–Crippen LogP) is 9.97. The number of rotatable bonds is 9. The monoisotopic (exact) mass is 489 g/mol. The normalized spacial score (nSPS) is 12.2. The molecule has 0 aliphatic carbocycles. The number of hydrogen-bond acceptors (Lipinski definition) is 3. The van der Waals surface area contributed by atoms with Crippen molar-refractivity contribution in [3.05, 3.63) is 58.4 Å². The van der Waals surface area contributed by atoms with Crippen molar-refractivity contribution in [2.45, 2.75) is 96.9 Å². The number of hydrogen-bond donors (Lipinski definition) is 1. The fourth-order valence-electron chi connectivity index (χ4n) is 2.65. The number of terminal acetylenes is 1. The zero-order valence-corrected chi connectivity index (χ0v) is 25.6. The minimum Gasteiger partial charge on any atom is -0.330 e. The van der Waals surface area contributed by atoms with Gasteiger partial charge in [-0.25, -0.2) is 0 Å². The Morgan fingerprint density at radius 2 is 1.29 bits per heavy atom. The van der Waals surface area contributed by atoms with Gasteiger partial charge in [-0.15, -0.1) is 12.8 Å². The molecule has 0 aliphatic heterocycles. The lowest BCUT2D eigenvalue weighted by molar-refractivity contribution is 0.570. The van der Waals surface area contributed by atoms with Gasteiger partial charge in [0.15, 0.2) is 5.62 Å². The molecule has 1 N–H and O–H groups in total. The average Bonchev–Trinajstić information content (AvgIpc) is 2.73. The van der Waals surface area contributed by atoms with E-state index in [0.717, 1.165) is 23.5 Å². The number of nitrogens with one attached hydrogen (secondary N) is 1. The van der Waals surface area contributed by atoms with Crippen LogP contribution >= 0.6 is 11.9 Å². The van der Waals surface area contributed by atoms with E-state index < -0.39 is 0 Å². The molecule has 0 aliphatic rings. The first-order valence-corrected chi connectivity index (χ1v) is 13.1. The maximum absolute atomic E-state index is 10.00. The second-order valence-electron chi connectivity index (χ2n) is 9.83. The highest BCUT2D eigenvalue weighted by molar-refractivity contribution is 8.10. The number of allylic oxidation sites excluding steroid dienone is 9. The molecule has 0 atom stereocenters. The Morgan fingerprint density at radius 3 is 1.59 bits per heavy atom. The van der Waals surface area contributed by atoms with Crippen LogP contribution in [0, 0.1) is 36.5 Å². The summed E-state index contributed by atoms with van der Waals surface area (Å²) in [5.41, 5.74) is 7.82. The molecular formula is C31H55NOS. The summed E-state index contributed by atoms with van der Waals surface area (Å²) in [6, 6.07) is 0. The van der Waals surface area contributed by atoms with Crippen LogP contribution in [-0.2, 0) is 4.79 Å². The molecule has 0 aromatic heterocycles. The van der Waals surface area contributed by atoms with Crippen molar-refractivity contribution in [3.8, 4) is 12.8 Å². The SMILES string of the molecule is C#C.C/C=C(\C(C)=C(/C)C(C)C)C(C)C.CC(C)=C/C(=C\C=C\NSC=O)C(C)C.CC(C)C. The lowest BCUT2D eigenvalue weighted by atomic mass is 9.89. The van der Waals surface area contributed by atoms with E-state index in [-0.39, 0.29) is 0 Å². The van der Waals surface area contributed by atoms with Gasteiger partial charge in [0, 0.05) is 18.1 Å². The van der Waals surface area contributed by atoms with E-state index >= 15 is 0 Å². The van der Waals surface area contributed by atoms with Gasteiger partial charge in [-0.3, -0.25) is 4.79 Å². The standard InChI is InChI=1S/C13H24.C12H19NOS.C4H10.C2H2/c1-8-13(10(4)5)12(7)11(6)9(2)3;1-10(2)8-12(11(3)4)6-5-7-13-15-9-14;1-4(2)3;1-2/h8-10H,1-7H3;5-9,11,13H,1-4H3;4H,1-3H3;1-2H/b12-11+,13-8-;7-5+,12-6+;;. The molecule has 0 fully saturated rings. The summed E-state index contributed by atoms with van der Waals surface area (Å²) in [4.78, 5) is 10.00. The Kier molecular flexibility index (Phi) is 29.7. The Hall–Kier alpha value is -1.92. The van der Waals surface area contributed by atoms with E-state index in [0.29, 0.717) is 17.8 Å². The Bertz CT molecular complexity index is 677. The predicted molar refractivity (Wildman–Crippen MR) is 161 cm³/mol. The molecule has 196 valence electrons. The lowest BCUT2D eigenvalue weighted by Crippen LogP contribution is -2.01. The van der Waals surface area contributed by atoms with E-state index in [9.17, 15) is 4.79 Å². The molecule has 0 saturated heterocycles. The van der Waals surface area contributed by atoms with Crippen molar-refractivity contribution < 1.29 is 4.79 Å². The molecule has 0 rings (SSSR count). The van der Waals surface area contributed by atoms with Crippen LogP contribution in [0.1, 0.15) is 96.9 Å². The molecule has 0 heterocycles. The molecule has 2 nitrogen and oxygen atoms in total. The molecule has 34 heavy (non-hydrogen) atoms. The molecule has 0 aromatic carbocycles. The van der Waals surface area contributed by atoms with Crippen molar-refractivity contribution >= 4 is 17.6 Å². The average molecular weight is 490 g/mol. The fourth-order valence-corrected chi connectivity index (χ4v) is 2.86. The van der Waals surface area contributed by atoms with Crippen LogP contribution in [0.15, 0.2) is 58.4 Å². The van der Waals surface area contributed by atoms with Crippen molar-refractivity contribution in [3.63, 3.8) is 0 Å². The van der Waals surface area contributed by atoms with Gasteiger partial charge in [0.25, 0.3) is 0 Å². The zero-order valence-electron chi connectivity index (χ0n) is 24.7. The molecule has 0 unspecified atom stereocenters. The van der Waals surface area contributed by atoms with Crippen LogP contribution < -0.4 is 4.72 Å². The fraction of sp³-hybridized carbons (Fsp3) is 0.581. The Balaban J connectivity index is -0.000000216. The minimum atomic E-state index is 0.503. The van der Waals surface area contributed by atoms with Crippen LogP contribution in [0.2, 0.25) is 0 Å². The number of carbonyl (C=O) groups excluding carboxylic acids is 1. The maximum Gasteiger partial charge on any atom is 0.196 e. The largest absolute Gasteiger partial charge is 0.330 e. The summed E-state index contributed by atoms with van der Waals surface area (Å²) < 4.78 is 2.79. The zero-order chi connectivity index (χ0) is 27.9. The topological polar surface area (TPSA) is 29.1 Å². The van der Waals surface area contributed by atoms with Crippen LogP contribution in [0.3, 0.4) is 0 Å². The van der Waals surface area contributed by atoms with E-state index in [1.807, 2.05) is 6.08 Å². The van der Waals surface area contributed by atoms with E-state index in [1.165, 1.54) is 27.9 Å². The molecule has 0 spiro atoms. The Morgan fingerprint density at radius 1 is 0.824 bits per heavy atom. The van der Waals surface area contributed by atoms with Crippen LogP contribution in [0.25, 0.3) is 0 Å². The van der Waals surface area contributed by atoms with Crippen molar-refractivity contribution in [1.82, 2.24) is 4.72 Å². The third-order valence-electron chi connectivity index (χ3n) is 4.51. The summed E-state index contributed by atoms with van der Waals surface area (Å²) in [6.45, 7) is 30.6. The van der Waals surface area contributed by atoms with Crippen LogP contribution in [0.5, 0.6) is 0 Å². The van der Waals surface area contributed by atoms with Gasteiger partial charge in [0.05, 0.1) is 0 Å². The quantitative estimate of drug-likeness (QED) is 0.115. The third-order valence-corrected chi connectivity index (χ3v) is 4.88. The number of carbonyl (C=O) groups is 1. The highest BCUT2D eigenvalue weighted by Crippen LogP contribution is 2.25. The highest BCUT2D eigenvalue weighted by atomic mass is 32.2. The summed E-state index contributed by atoms with van der Waals surface area (Å²) in [5, 5.41) is 0. The second-order valence-corrected chi connectivity index (χ2v) is 10.5. The van der Waals surface area contributed by atoms with Gasteiger partial charge in [-0.05, 0) is 81.1 Å². The van der Waals surface area contributed by atoms with Gasteiger partial charge < -0.3 is 4.72 Å². The summed E-state index contributed by atoms with van der Waals surface area (Å²) >= 11 is 1.02. The van der Waals surface area contributed by atoms with E-state index in [1.54, 1.807) is 6.20 Å². The van der Waals surface area contributed by atoms with Gasteiger partial charge >= 0.3 is 0 Å². The maximum atomic E-state index is 10.00. The second kappa shape index (κ2) is 25.7. The first kappa shape index (κ1) is 39.3. The smallest absolute Gasteiger partial charge is 0.196 e. The molecular weight excluding hydrogens is 434 g/mol. The summed E-state index contributed by atoms with van der Waals surface area (Å²) in [5.74, 6) is 2.63.